The lowest BCUT2D eigenvalue weighted by Crippen LogP contribution is -2.49. The molecule has 1 aromatic rings. The number of aliphatic hydroxyl groups excluding tert-OH is 1. The third-order valence-corrected chi connectivity index (χ3v) is 4.47. The lowest BCUT2D eigenvalue weighted by molar-refractivity contribution is -0.136. The summed E-state index contributed by atoms with van der Waals surface area (Å²) >= 11 is 0. The molecule has 2 aliphatic rings. The van der Waals surface area contributed by atoms with Gasteiger partial charge in [0.15, 0.2) is 0 Å². The van der Waals surface area contributed by atoms with Gasteiger partial charge in [-0.1, -0.05) is 30.3 Å². The molecule has 2 heterocycles. The Labute approximate surface area is 135 Å². The van der Waals surface area contributed by atoms with Gasteiger partial charge in [0.2, 0.25) is 5.91 Å². The number of aliphatic hydroxyl groups is 1. The zero-order valence-electron chi connectivity index (χ0n) is 13.1. The van der Waals surface area contributed by atoms with Crippen molar-refractivity contribution in [2.45, 2.75) is 44.6 Å². The van der Waals surface area contributed by atoms with Crippen molar-refractivity contribution in [3.63, 3.8) is 0 Å². The molecule has 0 aromatic heterocycles. The number of nitrogens with zero attached hydrogens (tertiary/aromatic N) is 2. The van der Waals surface area contributed by atoms with Crippen LogP contribution < -0.4 is 0 Å². The van der Waals surface area contributed by atoms with Crippen molar-refractivity contribution in [2.75, 3.05) is 13.1 Å². The van der Waals surface area contributed by atoms with Crippen LogP contribution in [0.2, 0.25) is 0 Å². The number of benzene rings is 1. The summed E-state index contributed by atoms with van der Waals surface area (Å²) in [6, 6.07) is 8.74. The summed E-state index contributed by atoms with van der Waals surface area (Å²) in [5.41, 5.74) is 0.872. The Morgan fingerprint density at radius 1 is 1.13 bits per heavy atom. The topological polar surface area (TPSA) is 70.1 Å². The molecule has 124 valence electrons. The summed E-state index contributed by atoms with van der Waals surface area (Å²) in [5.74, 6) is -0.0734. The lowest BCUT2D eigenvalue weighted by Gasteiger charge is -2.29. The predicted molar refractivity (Wildman–Crippen MR) is 83.3 cm³/mol. The molecule has 2 atom stereocenters. The fourth-order valence-corrected chi connectivity index (χ4v) is 3.23. The van der Waals surface area contributed by atoms with Gasteiger partial charge in [-0.25, -0.2) is 4.79 Å². The molecule has 1 aromatic carbocycles. The normalized spacial score (nSPS) is 24.0. The summed E-state index contributed by atoms with van der Waals surface area (Å²) < 4.78 is 5.28. The minimum absolute atomic E-state index is 0.0734. The van der Waals surface area contributed by atoms with Gasteiger partial charge >= 0.3 is 6.09 Å². The monoisotopic (exact) mass is 318 g/mol. The molecule has 0 aliphatic carbocycles. The van der Waals surface area contributed by atoms with Crippen molar-refractivity contribution < 1.29 is 19.4 Å². The fourth-order valence-electron chi connectivity index (χ4n) is 3.23. The quantitative estimate of drug-likeness (QED) is 0.921. The van der Waals surface area contributed by atoms with E-state index in [0.29, 0.717) is 12.8 Å². The Hall–Kier alpha value is -2.08. The van der Waals surface area contributed by atoms with Crippen LogP contribution in [0.5, 0.6) is 0 Å². The van der Waals surface area contributed by atoms with Gasteiger partial charge in [-0.3, -0.25) is 9.69 Å². The second-order valence-electron chi connectivity index (χ2n) is 6.05. The zero-order valence-corrected chi connectivity index (χ0v) is 13.1. The second-order valence-corrected chi connectivity index (χ2v) is 6.05. The van der Waals surface area contributed by atoms with Crippen molar-refractivity contribution in [2.24, 2.45) is 0 Å². The van der Waals surface area contributed by atoms with Crippen molar-refractivity contribution >= 4 is 12.0 Å². The van der Waals surface area contributed by atoms with Crippen LogP contribution in [0.3, 0.4) is 0 Å². The minimum Gasteiger partial charge on any atom is -0.444 e. The summed E-state index contributed by atoms with van der Waals surface area (Å²) in [5, 5.41) is 10.1. The number of amides is 2. The molecular weight excluding hydrogens is 296 g/mol. The Kier molecular flexibility index (Phi) is 4.81. The van der Waals surface area contributed by atoms with Gasteiger partial charge in [0.25, 0.3) is 0 Å². The van der Waals surface area contributed by atoms with Crippen LogP contribution in [-0.2, 0) is 16.1 Å². The fraction of sp³-hybridized carbons (Fsp3) is 0.529. The van der Waals surface area contributed by atoms with Crippen LogP contribution >= 0.6 is 0 Å². The number of hydrogen-bond acceptors (Lipinski definition) is 4. The number of carbonyl (C=O) groups excluding carboxylic acids is 2. The summed E-state index contributed by atoms with van der Waals surface area (Å²) in [6.07, 6.45) is 1.31. The first kappa shape index (κ1) is 15.8. The van der Waals surface area contributed by atoms with E-state index in [1.54, 1.807) is 4.90 Å². The van der Waals surface area contributed by atoms with Crippen molar-refractivity contribution in [3.05, 3.63) is 35.9 Å². The first-order chi connectivity index (χ1) is 11.2. The van der Waals surface area contributed by atoms with E-state index >= 15 is 0 Å². The maximum Gasteiger partial charge on any atom is 0.412 e. The largest absolute Gasteiger partial charge is 0.444 e. The highest BCUT2D eigenvalue weighted by Gasteiger charge is 2.43. The Bertz CT molecular complexity index is 557. The first-order valence-electron chi connectivity index (χ1n) is 8.12. The van der Waals surface area contributed by atoms with Crippen LogP contribution in [0.25, 0.3) is 0 Å². The Balaban J connectivity index is 1.63. The Morgan fingerprint density at radius 2 is 1.83 bits per heavy atom. The first-order valence-corrected chi connectivity index (χ1v) is 8.12. The van der Waals surface area contributed by atoms with Gasteiger partial charge in [-0.2, -0.15) is 0 Å². The number of carbonyl (C=O) groups is 2. The van der Waals surface area contributed by atoms with Gasteiger partial charge in [0.1, 0.15) is 18.9 Å². The minimum atomic E-state index is -0.949. The molecule has 1 N–H and O–H groups in total. The maximum absolute atomic E-state index is 12.5. The van der Waals surface area contributed by atoms with Crippen molar-refractivity contribution in [1.82, 2.24) is 9.80 Å². The Morgan fingerprint density at radius 3 is 2.52 bits per heavy atom. The molecule has 2 saturated heterocycles. The van der Waals surface area contributed by atoms with Gasteiger partial charge in [0, 0.05) is 13.1 Å². The molecule has 0 spiro atoms. The average molecular weight is 318 g/mol. The second kappa shape index (κ2) is 7.00. The summed E-state index contributed by atoms with van der Waals surface area (Å²) in [6.45, 7) is 1.60. The molecule has 0 saturated carbocycles. The molecule has 3 rings (SSSR count). The lowest BCUT2D eigenvalue weighted by atomic mass is 10.2. The molecule has 6 heteroatoms. The average Bonchev–Trinajstić information content (AvgIpc) is 3.22. The van der Waals surface area contributed by atoms with E-state index in [1.807, 2.05) is 30.3 Å². The third kappa shape index (κ3) is 3.47. The smallest absolute Gasteiger partial charge is 0.412 e. The standard InChI is InChI=1S/C17H22N2O4/c20-15-9-8-14(16(21)18-10-4-5-11-18)19(15)17(22)23-12-13-6-2-1-3-7-13/h1-3,6-7,14-15,20H,4-5,8-12H2. The summed E-state index contributed by atoms with van der Waals surface area (Å²) in [4.78, 5) is 27.9. The predicted octanol–water partition coefficient (Wildman–Crippen LogP) is 1.73. The molecule has 0 bridgehead atoms. The van der Waals surface area contributed by atoms with E-state index < -0.39 is 18.4 Å². The third-order valence-electron chi connectivity index (χ3n) is 4.47. The van der Waals surface area contributed by atoms with Crippen LogP contribution in [0.1, 0.15) is 31.2 Å². The van der Waals surface area contributed by atoms with Crippen LogP contribution in [-0.4, -0.2) is 52.3 Å². The van der Waals surface area contributed by atoms with Gasteiger partial charge < -0.3 is 14.7 Å². The molecule has 2 unspecified atom stereocenters. The molecule has 6 nitrogen and oxygen atoms in total. The van der Waals surface area contributed by atoms with Crippen LogP contribution in [0.4, 0.5) is 4.79 Å². The zero-order chi connectivity index (χ0) is 16.2. The molecule has 2 amide bonds. The number of rotatable bonds is 3. The molecule has 2 aliphatic heterocycles. The van der Waals surface area contributed by atoms with E-state index in [-0.39, 0.29) is 12.5 Å². The SMILES string of the molecule is O=C(C1CCC(O)N1C(=O)OCc1ccccc1)N1CCCC1. The van der Waals surface area contributed by atoms with E-state index in [1.165, 1.54) is 4.90 Å². The van der Waals surface area contributed by atoms with E-state index in [0.717, 1.165) is 31.5 Å². The van der Waals surface area contributed by atoms with Gasteiger partial charge in [0.05, 0.1) is 0 Å². The van der Waals surface area contributed by atoms with Gasteiger partial charge in [-0.15, -0.1) is 0 Å². The number of hydrogen-bond donors (Lipinski definition) is 1. The van der Waals surface area contributed by atoms with Gasteiger partial charge in [-0.05, 0) is 31.2 Å². The van der Waals surface area contributed by atoms with E-state index in [4.69, 9.17) is 4.74 Å². The van der Waals surface area contributed by atoms with Crippen molar-refractivity contribution in [1.29, 1.82) is 0 Å². The van der Waals surface area contributed by atoms with Crippen LogP contribution in [0, 0.1) is 0 Å². The number of ether oxygens (including phenoxy) is 1. The summed E-state index contributed by atoms with van der Waals surface area (Å²) in [7, 11) is 0. The van der Waals surface area contributed by atoms with E-state index in [2.05, 4.69) is 0 Å². The van der Waals surface area contributed by atoms with Crippen LogP contribution in [0.15, 0.2) is 30.3 Å². The molecule has 23 heavy (non-hydrogen) atoms. The highest BCUT2D eigenvalue weighted by atomic mass is 16.6. The highest BCUT2D eigenvalue weighted by molar-refractivity contribution is 5.86. The molecular formula is C17H22N2O4. The maximum atomic E-state index is 12.5. The number of likely N-dealkylation sites (tertiary alicyclic amines) is 2. The molecule has 0 radical (unpaired) electrons. The highest BCUT2D eigenvalue weighted by Crippen LogP contribution is 2.26. The van der Waals surface area contributed by atoms with Crippen molar-refractivity contribution in [3.8, 4) is 0 Å². The molecule has 2 fully saturated rings. The van der Waals surface area contributed by atoms with E-state index in [9.17, 15) is 14.7 Å².